The Morgan fingerprint density at radius 1 is 1.57 bits per heavy atom. The van der Waals surface area contributed by atoms with Crippen molar-refractivity contribution in [3.05, 3.63) is 24.2 Å². The van der Waals surface area contributed by atoms with E-state index in [1.165, 1.54) is 0 Å². The number of oxazole rings is 1. The van der Waals surface area contributed by atoms with E-state index in [2.05, 4.69) is 9.97 Å². The second-order valence-corrected chi connectivity index (χ2v) is 3.00. The lowest BCUT2D eigenvalue weighted by molar-refractivity contribution is -0.118. The van der Waals surface area contributed by atoms with Crippen molar-refractivity contribution < 1.29 is 9.21 Å². The molecule has 2 heterocycles. The summed E-state index contributed by atoms with van der Waals surface area (Å²) in [4.78, 5) is 19.3. The number of rotatable bonds is 3. The minimum Gasteiger partial charge on any atom is -0.422 e. The Hall–Kier alpha value is -1.71. The summed E-state index contributed by atoms with van der Waals surface area (Å²) in [6.07, 6.45) is 2.40. The van der Waals surface area contributed by atoms with Gasteiger partial charge in [0.25, 0.3) is 0 Å². The summed E-state index contributed by atoms with van der Waals surface area (Å²) >= 11 is 0. The number of aromatic nitrogens is 2. The third-order valence-electron chi connectivity index (χ3n) is 1.95. The van der Waals surface area contributed by atoms with Crippen LogP contribution in [0, 0.1) is 0 Å². The number of fused-ring (bicyclic) bond motifs is 1. The Kier molecular flexibility index (Phi) is 2.26. The third kappa shape index (κ3) is 1.64. The van der Waals surface area contributed by atoms with Crippen LogP contribution < -0.4 is 0 Å². The Bertz CT molecular complexity index is 429. The van der Waals surface area contributed by atoms with E-state index >= 15 is 0 Å². The van der Waals surface area contributed by atoms with E-state index in [1.807, 2.05) is 13.0 Å². The summed E-state index contributed by atoms with van der Waals surface area (Å²) in [5.74, 6) is 0.571. The molecule has 72 valence electrons. The average molecular weight is 190 g/mol. The van der Waals surface area contributed by atoms with Gasteiger partial charge in [0.2, 0.25) is 11.6 Å². The first-order valence-electron chi connectivity index (χ1n) is 4.51. The van der Waals surface area contributed by atoms with Crippen molar-refractivity contribution in [1.82, 2.24) is 9.97 Å². The number of hydrogen-bond donors (Lipinski definition) is 0. The highest BCUT2D eigenvalue weighted by atomic mass is 16.4. The molecule has 0 saturated carbocycles. The van der Waals surface area contributed by atoms with Crippen LogP contribution in [0.25, 0.3) is 11.2 Å². The largest absolute Gasteiger partial charge is 0.422 e. The molecular formula is C10H10N2O2. The minimum absolute atomic E-state index is 0.122. The maximum atomic E-state index is 11.1. The van der Waals surface area contributed by atoms with Crippen LogP contribution in [0.4, 0.5) is 0 Å². The van der Waals surface area contributed by atoms with Crippen molar-refractivity contribution in [2.45, 2.75) is 19.8 Å². The normalized spacial score (nSPS) is 10.6. The molecule has 0 saturated heterocycles. The monoisotopic (exact) mass is 190 g/mol. The summed E-state index contributed by atoms with van der Waals surface area (Å²) in [5.41, 5.74) is 1.19. The van der Waals surface area contributed by atoms with Gasteiger partial charge in [0.1, 0.15) is 11.3 Å². The summed E-state index contributed by atoms with van der Waals surface area (Å²) in [6.45, 7) is 1.82. The molecule has 0 aliphatic rings. The number of nitrogens with zero attached hydrogens (tertiary/aromatic N) is 2. The zero-order chi connectivity index (χ0) is 9.97. The molecule has 0 aromatic carbocycles. The van der Waals surface area contributed by atoms with E-state index in [-0.39, 0.29) is 12.2 Å². The van der Waals surface area contributed by atoms with Gasteiger partial charge in [-0.15, -0.1) is 0 Å². The second kappa shape index (κ2) is 3.57. The fraction of sp³-hybridized carbons (Fsp3) is 0.300. The Morgan fingerprint density at radius 3 is 3.14 bits per heavy atom. The van der Waals surface area contributed by atoms with Gasteiger partial charge in [-0.05, 0) is 12.1 Å². The van der Waals surface area contributed by atoms with Crippen LogP contribution in [-0.4, -0.2) is 15.8 Å². The molecule has 0 spiro atoms. The highest BCUT2D eigenvalue weighted by Crippen LogP contribution is 2.12. The van der Waals surface area contributed by atoms with Gasteiger partial charge in [-0.25, -0.2) is 9.97 Å². The van der Waals surface area contributed by atoms with E-state index in [4.69, 9.17) is 4.42 Å². The zero-order valence-corrected chi connectivity index (χ0v) is 7.86. The van der Waals surface area contributed by atoms with Crippen molar-refractivity contribution in [1.29, 1.82) is 0 Å². The van der Waals surface area contributed by atoms with Crippen molar-refractivity contribution in [2.75, 3.05) is 0 Å². The van der Waals surface area contributed by atoms with Gasteiger partial charge < -0.3 is 4.42 Å². The quantitative estimate of drug-likeness (QED) is 0.739. The highest BCUT2D eigenvalue weighted by Gasteiger charge is 2.09. The van der Waals surface area contributed by atoms with Gasteiger partial charge in [0, 0.05) is 12.6 Å². The number of hydrogen-bond acceptors (Lipinski definition) is 4. The lowest BCUT2D eigenvalue weighted by Crippen LogP contribution is -1.99. The van der Waals surface area contributed by atoms with Gasteiger partial charge >= 0.3 is 0 Å². The third-order valence-corrected chi connectivity index (χ3v) is 1.95. The summed E-state index contributed by atoms with van der Waals surface area (Å²) < 4.78 is 5.30. The molecule has 0 aliphatic carbocycles. The summed E-state index contributed by atoms with van der Waals surface area (Å²) in [5, 5.41) is 0. The molecule has 4 heteroatoms. The molecule has 14 heavy (non-hydrogen) atoms. The fourth-order valence-electron chi connectivity index (χ4n) is 1.18. The van der Waals surface area contributed by atoms with Crippen LogP contribution in [-0.2, 0) is 11.2 Å². The first-order valence-corrected chi connectivity index (χ1v) is 4.51. The first-order chi connectivity index (χ1) is 6.79. The molecular weight excluding hydrogens is 180 g/mol. The van der Waals surface area contributed by atoms with Gasteiger partial charge in [-0.3, -0.25) is 4.79 Å². The Morgan fingerprint density at radius 2 is 2.43 bits per heavy atom. The number of Topliss-reactive ketones (excluding diaryl/α,β-unsaturated/α-hetero) is 1. The maximum absolute atomic E-state index is 11.1. The van der Waals surface area contributed by atoms with Crippen LogP contribution in [0.1, 0.15) is 19.2 Å². The molecule has 0 N–H and O–H groups in total. The lowest BCUT2D eigenvalue weighted by Gasteiger charge is -1.89. The van der Waals surface area contributed by atoms with Crippen molar-refractivity contribution in [3.8, 4) is 0 Å². The Labute approximate surface area is 81.0 Å². The van der Waals surface area contributed by atoms with E-state index < -0.39 is 0 Å². The summed E-state index contributed by atoms with van der Waals surface area (Å²) in [7, 11) is 0. The predicted molar refractivity (Wildman–Crippen MR) is 50.8 cm³/mol. The van der Waals surface area contributed by atoms with Crippen molar-refractivity contribution >= 4 is 17.0 Å². The molecule has 0 atom stereocenters. The SMILES string of the molecule is CCC(=O)Cc1nc2cccnc2o1. The maximum Gasteiger partial charge on any atom is 0.246 e. The lowest BCUT2D eigenvalue weighted by atomic mass is 10.2. The van der Waals surface area contributed by atoms with Gasteiger partial charge in [-0.2, -0.15) is 0 Å². The Balaban J connectivity index is 2.31. The van der Waals surface area contributed by atoms with E-state index in [1.54, 1.807) is 12.3 Å². The zero-order valence-electron chi connectivity index (χ0n) is 7.86. The van der Waals surface area contributed by atoms with Crippen LogP contribution in [0.2, 0.25) is 0 Å². The number of carbonyl (C=O) groups excluding carboxylic acids is 1. The average Bonchev–Trinajstić information content (AvgIpc) is 2.59. The molecule has 2 aromatic rings. The summed E-state index contributed by atoms with van der Waals surface area (Å²) in [6, 6.07) is 3.60. The molecule has 2 rings (SSSR count). The van der Waals surface area contributed by atoms with Gasteiger partial charge in [-0.1, -0.05) is 6.92 Å². The van der Waals surface area contributed by atoms with Crippen LogP contribution in [0.5, 0.6) is 0 Å². The van der Waals surface area contributed by atoms with Crippen LogP contribution >= 0.6 is 0 Å². The standard InChI is InChI=1S/C10H10N2O2/c1-2-7(13)6-9-12-8-4-3-5-11-10(8)14-9/h3-5H,2,6H2,1H3. The van der Waals surface area contributed by atoms with E-state index in [0.29, 0.717) is 23.5 Å². The molecule has 2 aromatic heterocycles. The minimum atomic E-state index is 0.122. The second-order valence-electron chi connectivity index (χ2n) is 3.00. The van der Waals surface area contributed by atoms with E-state index in [0.717, 1.165) is 0 Å². The number of pyridine rings is 1. The number of carbonyl (C=O) groups is 1. The molecule has 4 nitrogen and oxygen atoms in total. The molecule has 0 bridgehead atoms. The molecule has 0 radical (unpaired) electrons. The smallest absolute Gasteiger partial charge is 0.246 e. The highest BCUT2D eigenvalue weighted by molar-refractivity contribution is 5.80. The van der Waals surface area contributed by atoms with Crippen molar-refractivity contribution in [3.63, 3.8) is 0 Å². The topological polar surface area (TPSA) is 56.0 Å². The predicted octanol–water partition coefficient (Wildman–Crippen LogP) is 1.74. The van der Waals surface area contributed by atoms with E-state index in [9.17, 15) is 4.79 Å². The molecule has 0 aliphatic heterocycles. The fourth-order valence-corrected chi connectivity index (χ4v) is 1.18. The van der Waals surface area contributed by atoms with Crippen molar-refractivity contribution in [2.24, 2.45) is 0 Å². The first kappa shape index (κ1) is 8.87. The van der Waals surface area contributed by atoms with Crippen LogP contribution in [0.3, 0.4) is 0 Å². The van der Waals surface area contributed by atoms with Crippen LogP contribution in [0.15, 0.2) is 22.7 Å². The van der Waals surface area contributed by atoms with Gasteiger partial charge in [0.05, 0.1) is 6.42 Å². The van der Waals surface area contributed by atoms with Gasteiger partial charge in [0.15, 0.2) is 0 Å². The molecule has 0 amide bonds. The molecule has 0 unspecified atom stereocenters. The molecule has 0 fully saturated rings. The number of ketones is 1.